The van der Waals surface area contributed by atoms with Crippen molar-refractivity contribution in [2.75, 3.05) is 11.4 Å². The van der Waals surface area contributed by atoms with Crippen LogP contribution in [0.4, 0.5) is 10.1 Å². The number of hydrogen-bond acceptors (Lipinski definition) is 2. The van der Waals surface area contributed by atoms with E-state index in [9.17, 15) is 14.0 Å². The van der Waals surface area contributed by atoms with Crippen LogP contribution in [0.15, 0.2) is 24.3 Å². The van der Waals surface area contributed by atoms with Gasteiger partial charge in [-0.15, -0.1) is 0 Å². The van der Waals surface area contributed by atoms with Gasteiger partial charge < -0.3 is 5.32 Å². The Bertz CT molecular complexity index is 485. The van der Waals surface area contributed by atoms with Crippen molar-refractivity contribution in [2.24, 2.45) is 0 Å². The van der Waals surface area contributed by atoms with Crippen LogP contribution in [0.25, 0.3) is 0 Å². The van der Waals surface area contributed by atoms with Gasteiger partial charge in [-0.1, -0.05) is 12.1 Å². The number of nitrogens with one attached hydrogen (secondary N) is 1. The van der Waals surface area contributed by atoms with E-state index < -0.39 is 11.4 Å². The summed E-state index contributed by atoms with van der Waals surface area (Å²) in [6.45, 7) is 3.05. The predicted octanol–water partition coefficient (Wildman–Crippen LogP) is 1.07. The number of carbonyl (C=O) groups is 2. The van der Waals surface area contributed by atoms with Crippen molar-refractivity contribution in [3.05, 3.63) is 30.1 Å². The normalized spacial score (nSPS) is 19.1. The van der Waals surface area contributed by atoms with Crippen LogP contribution in [-0.2, 0) is 9.59 Å². The Kier molecular flexibility index (Phi) is 2.61. The lowest BCUT2D eigenvalue weighted by molar-refractivity contribution is -0.134. The summed E-state index contributed by atoms with van der Waals surface area (Å²) in [6, 6.07) is 5.92. The van der Waals surface area contributed by atoms with Crippen molar-refractivity contribution in [3.63, 3.8) is 0 Å². The molecule has 1 aromatic carbocycles. The molecule has 0 unspecified atom stereocenters. The zero-order chi connectivity index (χ0) is 12.6. The van der Waals surface area contributed by atoms with Crippen LogP contribution in [0.5, 0.6) is 0 Å². The van der Waals surface area contributed by atoms with Gasteiger partial charge in [-0.2, -0.15) is 0 Å². The van der Waals surface area contributed by atoms with Gasteiger partial charge in [0, 0.05) is 0 Å². The van der Waals surface area contributed by atoms with E-state index in [0.717, 1.165) is 0 Å². The van der Waals surface area contributed by atoms with E-state index in [1.165, 1.54) is 17.0 Å². The van der Waals surface area contributed by atoms with Crippen LogP contribution in [0.2, 0.25) is 0 Å². The first-order valence-corrected chi connectivity index (χ1v) is 5.29. The zero-order valence-electron chi connectivity index (χ0n) is 9.66. The van der Waals surface area contributed by atoms with Crippen LogP contribution in [0.3, 0.4) is 0 Å². The molecule has 1 heterocycles. The highest BCUT2D eigenvalue weighted by molar-refractivity contribution is 6.08. The third-order valence-electron chi connectivity index (χ3n) is 2.68. The summed E-state index contributed by atoms with van der Waals surface area (Å²) < 4.78 is 13.6. The topological polar surface area (TPSA) is 49.4 Å². The minimum absolute atomic E-state index is 0.139. The second-order valence-electron chi connectivity index (χ2n) is 4.52. The van der Waals surface area contributed by atoms with Gasteiger partial charge >= 0.3 is 0 Å². The van der Waals surface area contributed by atoms with E-state index in [-0.39, 0.29) is 24.0 Å². The Balaban J connectivity index is 2.42. The molecule has 0 spiro atoms. The van der Waals surface area contributed by atoms with Crippen LogP contribution in [-0.4, -0.2) is 23.9 Å². The van der Waals surface area contributed by atoms with E-state index in [1.807, 2.05) is 0 Å². The second-order valence-corrected chi connectivity index (χ2v) is 4.52. The van der Waals surface area contributed by atoms with E-state index in [2.05, 4.69) is 5.32 Å². The molecule has 17 heavy (non-hydrogen) atoms. The number of hydrogen-bond donors (Lipinski definition) is 1. The maximum Gasteiger partial charge on any atom is 0.252 e. The quantitative estimate of drug-likeness (QED) is 0.792. The monoisotopic (exact) mass is 236 g/mol. The Labute approximate surface area is 98.4 Å². The van der Waals surface area contributed by atoms with E-state index in [0.29, 0.717) is 0 Å². The first-order chi connectivity index (χ1) is 7.92. The summed E-state index contributed by atoms with van der Waals surface area (Å²) in [6.07, 6.45) is 0. The molecule has 5 heteroatoms. The van der Waals surface area contributed by atoms with Gasteiger partial charge in [-0.05, 0) is 26.0 Å². The SMILES string of the molecule is CC1(C)NC(=O)CN(c2ccccc2F)C1=O. The highest BCUT2D eigenvalue weighted by atomic mass is 19.1. The molecule has 0 atom stereocenters. The Morgan fingerprint density at radius 2 is 1.94 bits per heavy atom. The highest BCUT2D eigenvalue weighted by Gasteiger charge is 2.40. The van der Waals surface area contributed by atoms with Crippen LogP contribution >= 0.6 is 0 Å². The van der Waals surface area contributed by atoms with Gasteiger partial charge in [0.2, 0.25) is 5.91 Å². The smallest absolute Gasteiger partial charge is 0.252 e. The van der Waals surface area contributed by atoms with Gasteiger partial charge in [-0.25, -0.2) is 4.39 Å². The van der Waals surface area contributed by atoms with Gasteiger partial charge in [0.25, 0.3) is 5.91 Å². The number of benzene rings is 1. The number of halogens is 1. The molecule has 90 valence electrons. The summed E-state index contributed by atoms with van der Waals surface area (Å²) in [4.78, 5) is 24.8. The van der Waals surface area contributed by atoms with E-state index >= 15 is 0 Å². The van der Waals surface area contributed by atoms with Gasteiger partial charge in [-0.3, -0.25) is 14.5 Å². The number of piperazine rings is 1. The summed E-state index contributed by atoms with van der Waals surface area (Å²) >= 11 is 0. The fourth-order valence-corrected chi connectivity index (χ4v) is 1.86. The maximum atomic E-state index is 13.6. The molecule has 0 bridgehead atoms. The van der Waals surface area contributed by atoms with Gasteiger partial charge in [0.05, 0.1) is 5.69 Å². The third-order valence-corrected chi connectivity index (χ3v) is 2.68. The molecular formula is C12H13FN2O2. The average molecular weight is 236 g/mol. The minimum atomic E-state index is -1.00. The number of carbonyl (C=O) groups excluding carboxylic acids is 2. The highest BCUT2D eigenvalue weighted by Crippen LogP contribution is 2.24. The molecular weight excluding hydrogens is 223 g/mol. The summed E-state index contributed by atoms with van der Waals surface area (Å²) in [5, 5.41) is 2.57. The molecule has 1 fully saturated rings. The molecule has 1 aromatic rings. The molecule has 1 aliphatic heterocycles. The minimum Gasteiger partial charge on any atom is -0.341 e. The molecule has 4 nitrogen and oxygen atoms in total. The number of amides is 2. The van der Waals surface area contributed by atoms with E-state index in [4.69, 9.17) is 0 Å². The zero-order valence-corrected chi connectivity index (χ0v) is 9.66. The summed E-state index contributed by atoms with van der Waals surface area (Å²) in [5.41, 5.74) is -0.863. The second kappa shape index (κ2) is 3.84. The van der Waals surface area contributed by atoms with Crippen molar-refractivity contribution in [1.82, 2.24) is 5.32 Å². The van der Waals surface area contributed by atoms with Crippen LogP contribution < -0.4 is 10.2 Å². The number of anilines is 1. The molecule has 2 rings (SSSR count). The van der Waals surface area contributed by atoms with Crippen molar-refractivity contribution < 1.29 is 14.0 Å². The molecule has 0 aromatic heterocycles. The molecule has 0 aliphatic carbocycles. The standard InChI is InChI=1S/C12H13FN2O2/c1-12(2)11(17)15(7-10(16)14-12)9-6-4-3-5-8(9)13/h3-6H,7H2,1-2H3,(H,14,16). The first kappa shape index (κ1) is 11.6. The lowest BCUT2D eigenvalue weighted by Crippen LogP contribution is -2.64. The molecule has 0 saturated carbocycles. The van der Waals surface area contributed by atoms with Gasteiger partial charge in [0.15, 0.2) is 0 Å². The third kappa shape index (κ3) is 2.00. The van der Waals surface area contributed by atoms with Crippen molar-refractivity contribution in [1.29, 1.82) is 0 Å². The fraction of sp³-hybridized carbons (Fsp3) is 0.333. The van der Waals surface area contributed by atoms with Gasteiger partial charge in [0.1, 0.15) is 17.9 Å². The number of nitrogens with zero attached hydrogens (tertiary/aromatic N) is 1. The van der Waals surface area contributed by atoms with Crippen molar-refractivity contribution in [2.45, 2.75) is 19.4 Å². The van der Waals surface area contributed by atoms with E-state index in [1.54, 1.807) is 26.0 Å². The predicted molar refractivity (Wildman–Crippen MR) is 61.0 cm³/mol. The number of rotatable bonds is 1. The lowest BCUT2D eigenvalue weighted by Gasteiger charge is -2.37. The Morgan fingerprint density at radius 1 is 1.29 bits per heavy atom. The lowest BCUT2D eigenvalue weighted by atomic mass is 10.00. The molecule has 2 amide bonds. The molecule has 1 saturated heterocycles. The van der Waals surface area contributed by atoms with Crippen LogP contribution in [0, 0.1) is 5.82 Å². The molecule has 0 radical (unpaired) electrons. The summed E-state index contributed by atoms with van der Waals surface area (Å²) in [5.74, 6) is -1.12. The summed E-state index contributed by atoms with van der Waals surface area (Å²) in [7, 11) is 0. The van der Waals surface area contributed by atoms with Crippen molar-refractivity contribution >= 4 is 17.5 Å². The Morgan fingerprint density at radius 3 is 2.59 bits per heavy atom. The fourth-order valence-electron chi connectivity index (χ4n) is 1.86. The number of para-hydroxylation sites is 1. The van der Waals surface area contributed by atoms with Crippen molar-refractivity contribution in [3.8, 4) is 0 Å². The maximum absolute atomic E-state index is 13.6. The molecule has 1 aliphatic rings. The first-order valence-electron chi connectivity index (χ1n) is 5.29. The average Bonchev–Trinajstić information content (AvgIpc) is 2.24. The Hall–Kier alpha value is -1.91. The van der Waals surface area contributed by atoms with Crippen LogP contribution in [0.1, 0.15) is 13.8 Å². The largest absolute Gasteiger partial charge is 0.341 e. The molecule has 1 N–H and O–H groups in total.